The molecule has 0 N–H and O–H groups in total. The SMILES string of the molecule is CC(C)c1cc(=O)n(CC2CCN(Cc3cccc(=O)n3C)CC2)cn1. The van der Waals surface area contributed by atoms with Crippen LogP contribution in [0, 0.1) is 5.92 Å². The van der Waals surface area contributed by atoms with Crippen LogP contribution in [0.25, 0.3) is 0 Å². The highest BCUT2D eigenvalue weighted by molar-refractivity contribution is 5.06. The first-order valence-electron chi connectivity index (χ1n) is 9.37. The van der Waals surface area contributed by atoms with Gasteiger partial charge in [-0.25, -0.2) is 4.98 Å². The minimum absolute atomic E-state index is 0.0362. The lowest BCUT2D eigenvalue weighted by atomic mass is 9.96. The summed E-state index contributed by atoms with van der Waals surface area (Å²) in [6, 6.07) is 7.08. The molecule has 1 saturated heterocycles. The Balaban J connectivity index is 1.56. The van der Waals surface area contributed by atoms with Crippen molar-refractivity contribution in [1.82, 2.24) is 19.0 Å². The molecule has 1 aliphatic heterocycles. The van der Waals surface area contributed by atoms with Crippen molar-refractivity contribution in [3.8, 4) is 0 Å². The van der Waals surface area contributed by atoms with Crippen molar-refractivity contribution in [3.05, 3.63) is 62.7 Å². The fourth-order valence-electron chi connectivity index (χ4n) is 3.49. The Morgan fingerprint density at radius 1 is 1.15 bits per heavy atom. The molecular formula is C20H28N4O2. The van der Waals surface area contributed by atoms with Gasteiger partial charge in [0.05, 0.1) is 12.0 Å². The van der Waals surface area contributed by atoms with E-state index in [-0.39, 0.29) is 17.0 Å². The molecule has 0 spiro atoms. The highest BCUT2D eigenvalue weighted by Gasteiger charge is 2.20. The molecule has 0 unspecified atom stereocenters. The molecule has 0 amide bonds. The fourth-order valence-corrected chi connectivity index (χ4v) is 3.49. The molecule has 2 aromatic heterocycles. The van der Waals surface area contributed by atoms with Crippen LogP contribution in [0.4, 0.5) is 0 Å². The molecule has 6 nitrogen and oxygen atoms in total. The number of nitrogens with zero attached hydrogens (tertiary/aromatic N) is 4. The second kappa shape index (κ2) is 7.99. The fraction of sp³-hybridized carbons (Fsp3) is 0.550. The molecule has 140 valence electrons. The lowest BCUT2D eigenvalue weighted by molar-refractivity contribution is 0.163. The second-order valence-electron chi connectivity index (χ2n) is 7.59. The summed E-state index contributed by atoms with van der Waals surface area (Å²) in [7, 11) is 1.82. The first kappa shape index (κ1) is 18.6. The predicted molar refractivity (Wildman–Crippen MR) is 102 cm³/mol. The largest absolute Gasteiger partial charge is 0.314 e. The molecule has 0 bridgehead atoms. The van der Waals surface area contributed by atoms with Crippen LogP contribution in [0.2, 0.25) is 0 Å². The van der Waals surface area contributed by atoms with E-state index in [1.165, 1.54) is 0 Å². The van der Waals surface area contributed by atoms with Gasteiger partial charge in [-0.2, -0.15) is 0 Å². The number of hydrogen-bond donors (Lipinski definition) is 0. The topological polar surface area (TPSA) is 60.1 Å². The van der Waals surface area contributed by atoms with E-state index in [0.717, 1.165) is 50.4 Å². The Kier molecular flexibility index (Phi) is 5.71. The second-order valence-corrected chi connectivity index (χ2v) is 7.59. The van der Waals surface area contributed by atoms with E-state index in [9.17, 15) is 9.59 Å². The van der Waals surface area contributed by atoms with Crippen LogP contribution >= 0.6 is 0 Å². The van der Waals surface area contributed by atoms with Crippen LogP contribution in [0.3, 0.4) is 0 Å². The summed E-state index contributed by atoms with van der Waals surface area (Å²) in [6.45, 7) is 7.60. The third kappa shape index (κ3) is 4.30. The van der Waals surface area contributed by atoms with Crippen LogP contribution in [-0.4, -0.2) is 32.1 Å². The molecule has 3 heterocycles. The van der Waals surface area contributed by atoms with Crippen molar-refractivity contribution >= 4 is 0 Å². The monoisotopic (exact) mass is 356 g/mol. The van der Waals surface area contributed by atoms with Gasteiger partial charge < -0.3 is 4.57 Å². The maximum atomic E-state index is 12.3. The van der Waals surface area contributed by atoms with Crippen LogP contribution in [0.5, 0.6) is 0 Å². The number of rotatable bonds is 5. The number of hydrogen-bond acceptors (Lipinski definition) is 4. The van der Waals surface area contributed by atoms with Crippen molar-refractivity contribution in [2.45, 2.75) is 45.7 Å². The molecular weight excluding hydrogens is 328 g/mol. The molecule has 1 aliphatic rings. The predicted octanol–water partition coefficient (Wildman–Crippen LogP) is 1.98. The van der Waals surface area contributed by atoms with Crippen molar-refractivity contribution in [3.63, 3.8) is 0 Å². The first-order chi connectivity index (χ1) is 12.4. The molecule has 6 heteroatoms. The number of likely N-dealkylation sites (tertiary alicyclic amines) is 1. The zero-order valence-corrected chi connectivity index (χ0v) is 15.9. The van der Waals surface area contributed by atoms with E-state index in [2.05, 4.69) is 9.88 Å². The minimum Gasteiger partial charge on any atom is -0.314 e. The minimum atomic E-state index is 0.0362. The van der Waals surface area contributed by atoms with E-state index in [1.54, 1.807) is 27.6 Å². The van der Waals surface area contributed by atoms with Crippen LogP contribution < -0.4 is 11.1 Å². The normalized spacial score (nSPS) is 16.3. The van der Waals surface area contributed by atoms with Gasteiger partial charge in [0, 0.05) is 38.0 Å². The smallest absolute Gasteiger partial charge is 0.253 e. The summed E-state index contributed by atoms with van der Waals surface area (Å²) in [5.74, 6) is 0.768. The quantitative estimate of drug-likeness (QED) is 0.822. The van der Waals surface area contributed by atoms with Gasteiger partial charge in [-0.3, -0.25) is 19.1 Å². The van der Waals surface area contributed by atoms with Gasteiger partial charge in [0.2, 0.25) is 5.56 Å². The van der Waals surface area contributed by atoms with E-state index >= 15 is 0 Å². The average Bonchev–Trinajstić information content (AvgIpc) is 2.62. The van der Waals surface area contributed by atoms with Gasteiger partial charge in [-0.1, -0.05) is 19.9 Å². The zero-order valence-electron chi connectivity index (χ0n) is 15.9. The van der Waals surface area contributed by atoms with E-state index in [0.29, 0.717) is 5.92 Å². The van der Waals surface area contributed by atoms with E-state index in [1.807, 2.05) is 33.0 Å². The number of aromatic nitrogens is 3. The van der Waals surface area contributed by atoms with Gasteiger partial charge in [0.1, 0.15) is 0 Å². The summed E-state index contributed by atoms with van der Waals surface area (Å²) in [5.41, 5.74) is 1.98. The average molecular weight is 356 g/mol. The van der Waals surface area contributed by atoms with Gasteiger partial charge in [-0.15, -0.1) is 0 Å². The molecule has 1 fully saturated rings. The molecule has 0 atom stereocenters. The lowest BCUT2D eigenvalue weighted by Gasteiger charge is -2.32. The Bertz CT molecular complexity index is 861. The van der Waals surface area contributed by atoms with E-state index in [4.69, 9.17) is 0 Å². The molecule has 3 rings (SSSR count). The van der Waals surface area contributed by atoms with Crippen molar-refractivity contribution in [2.24, 2.45) is 13.0 Å². The Hall–Kier alpha value is -2.21. The summed E-state index contributed by atoms with van der Waals surface area (Å²) in [4.78, 5) is 30.8. The molecule has 0 aliphatic carbocycles. The lowest BCUT2D eigenvalue weighted by Crippen LogP contribution is -2.37. The maximum Gasteiger partial charge on any atom is 0.253 e. The van der Waals surface area contributed by atoms with Crippen LogP contribution in [0.1, 0.15) is 44.0 Å². The van der Waals surface area contributed by atoms with Gasteiger partial charge >= 0.3 is 0 Å². The van der Waals surface area contributed by atoms with Gasteiger partial charge in [-0.05, 0) is 43.8 Å². The van der Waals surface area contributed by atoms with Crippen molar-refractivity contribution in [2.75, 3.05) is 13.1 Å². The Morgan fingerprint density at radius 2 is 1.88 bits per heavy atom. The third-order valence-corrected chi connectivity index (χ3v) is 5.33. The van der Waals surface area contributed by atoms with Crippen LogP contribution in [-0.2, 0) is 20.1 Å². The molecule has 0 radical (unpaired) electrons. The molecule has 0 aromatic carbocycles. The van der Waals surface area contributed by atoms with Gasteiger partial charge in [0.15, 0.2) is 0 Å². The summed E-state index contributed by atoms with van der Waals surface area (Å²) in [5, 5.41) is 0. The Labute approximate surface area is 154 Å². The Morgan fingerprint density at radius 3 is 2.54 bits per heavy atom. The summed E-state index contributed by atoms with van der Waals surface area (Å²) >= 11 is 0. The van der Waals surface area contributed by atoms with E-state index < -0.39 is 0 Å². The van der Waals surface area contributed by atoms with Gasteiger partial charge in [0.25, 0.3) is 5.56 Å². The van der Waals surface area contributed by atoms with Crippen molar-refractivity contribution in [1.29, 1.82) is 0 Å². The number of pyridine rings is 1. The number of piperidine rings is 1. The first-order valence-corrected chi connectivity index (χ1v) is 9.37. The molecule has 2 aromatic rings. The third-order valence-electron chi connectivity index (χ3n) is 5.33. The summed E-state index contributed by atoms with van der Waals surface area (Å²) < 4.78 is 3.46. The molecule has 0 saturated carbocycles. The zero-order chi connectivity index (χ0) is 18.7. The summed E-state index contributed by atoms with van der Waals surface area (Å²) in [6.07, 6.45) is 3.81. The molecule has 26 heavy (non-hydrogen) atoms. The standard InChI is InChI=1S/C20H28N4O2/c1-15(2)18-11-20(26)24(14-21-18)12-16-7-9-23(10-8-16)13-17-5-4-6-19(25)22(17)3/h4-6,11,14-16H,7-10,12-13H2,1-3H3. The highest BCUT2D eigenvalue weighted by Crippen LogP contribution is 2.20. The van der Waals surface area contributed by atoms with Crippen molar-refractivity contribution < 1.29 is 0 Å². The maximum absolute atomic E-state index is 12.3. The van der Waals surface area contributed by atoms with Crippen LogP contribution in [0.15, 0.2) is 40.2 Å². The highest BCUT2D eigenvalue weighted by atomic mass is 16.1.